The third-order valence-corrected chi connectivity index (χ3v) is 3.79. The van der Waals surface area contributed by atoms with Crippen LogP contribution in [0.5, 0.6) is 5.75 Å². The number of ketones is 1. The highest BCUT2D eigenvalue weighted by molar-refractivity contribution is 6.42. The van der Waals surface area contributed by atoms with Crippen LogP contribution < -0.4 is 15.0 Å². The summed E-state index contributed by atoms with van der Waals surface area (Å²) in [7, 11) is 1.53. The van der Waals surface area contributed by atoms with E-state index < -0.39 is 17.7 Å². The lowest BCUT2D eigenvalue weighted by atomic mass is 10.2. The second-order valence-electron chi connectivity index (χ2n) is 5.36. The number of amides is 2. The number of Topliss-reactive ketones (excluding diaryl/α,β-unsaturated/α-hetero) is 1. The zero-order valence-corrected chi connectivity index (χ0v) is 13.0. The zero-order chi connectivity index (χ0) is 17.1. The van der Waals surface area contributed by atoms with Crippen molar-refractivity contribution in [1.29, 1.82) is 0 Å². The van der Waals surface area contributed by atoms with Gasteiger partial charge in [-0.3, -0.25) is 14.4 Å². The van der Waals surface area contributed by atoms with Gasteiger partial charge in [0.1, 0.15) is 5.75 Å². The van der Waals surface area contributed by atoms with Crippen molar-refractivity contribution in [2.45, 2.75) is 12.5 Å². The van der Waals surface area contributed by atoms with E-state index in [4.69, 9.17) is 9.15 Å². The van der Waals surface area contributed by atoms with E-state index in [1.807, 2.05) is 6.07 Å². The molecule has 7 nitrogen and oxygen atoms in total. The third-order valence-electron chi connectivity index (χ3n) is 3.79. The summed E-state index contributed by atoms with van der Waals surface area (Å²) < 4.78 is 10.2. The average Bonchev–Trinajstić information content (AvgIpc) is 3.24. The van der Waals surface area contributed by atoms with Gasteiger partial charge in [-0.1, -0.05) is 12.1 Å². The molecule has 0 spiro atoms. The molecule has 0 aliphatic carbocycles. The van der Waals surface area contributed by atoms with Crippen molar-refractivity contribution in [3.63, 3.8) is 0 Å². The number of methoxy groups -OCH3 is 1. The molecule has 0 bridgehead atoms. The lowest BCUT2D eigenvalue weighted by molar-refractivity contribution is -0.118. The number of hydrogen-bond donors (Lipinski definition) is 1. The van der Waals surface area contributed by atoms with Crippen molar-refractivity contribution in [3.8, 4) is 5.75 Å². The first-order valence-corrected chi connectivity index (χ1v) is 7.42. The van der Waals surface area contributed by atoms with E-state index in [0.717, 1.165) is 0 Å². The minimum absolute atomic E-state index is 0.0293. The molecule has 2 heterocycles. The highest BCUT2D eigenvalue weighted by atomic mass is 16.5. The molecule has 124 valence electrons. The second-order valence-corrected chi connectivity index (χ2v) is 5.36. The van der Waals surface area contributed by atoms with Crippen LogP contribution in [0.1, 0.15) is 17.0 Å². The Morgan fingerprint density at radius 1 is 1.25 bits per heavy atom. The van der Waals surface area contributed by atoms with E-state index in [1.54, 1.807) is 23.1 Å². The smallest absolute Gasteiger partial charge is 0.296 e. The Hall–Kier alpha value is -3.09. The Morgan fingerprint density at radius 3 is 2.75 bits per heavy atom. The number of para-hydroxylation sites is 2. The molecule has 1 atom stereocenters. The quantitative estimate of drug-likeness (QED) is 0.662. The lowest BCUT2D eigenvalue weighted by Crippen LogP contribution is -2.40. The van der Waals surface area contributed by atoms with Gasteiger partial charge in [-0.2, -0.15) is 0 Å². The molecule has 3 rings (SSSR count). The number of hydrogen-bond acceptors (Lipinski definition) is 5. The van der Waals surface area contributed by atoms with Gasteiger partial charge in [0.25, 0.3) is 11.7 Å². The van der Waals surface area contributed by atoms with Crippen LogP contribution in [0.25, 0.3) is 0 Å². The van der Waals surface area contributed by atoms with Gasteiger partial charge in [-0.15, -0.1) is 0 Å². The van der Waals surface area contributed by atoms with Crippen molar-refractivity contribution >= 4 is 23.3 Å². The number of furan rings is 1. The van der Waals surface area contributed by atoms with Gasteiger partial charge in [-0.05, 0) is 24.3 Å². The van der Waals surface area contributed by atoms with Crippen molar-refractivity contribution in [1.82, 2.24) is 5.32 Å². The van der Waals surface area contributed by atoms with E-state index in [2.05, 4.69) is 5.32 Å². The molecule has 7 heteroatoms. The molecule has 2 aromatic rings. The number of ether oxygens (including phenoxy) is 1. The summed E-state index contributed by atoms with van der Waals surface area (Å²) in [5.74, 6) is -1.15. The van der Waals surface area contributed by atoms with E-state index in [9.17, 15) is 14.4 Å². The van der Waals surface area contributed by atoms with Crippen LogP contribution in [0.4, 0.5) is 5.69 Å². The number of carbonyl (C=O) groups is 3. The SMILES string of the molecule is COc1ccccc1N1CC(NC(=O)C(=O)c2ccco2)CC1=O. The predicted molar refractivity (Wildman–Crippen MR) is 84.9 cm³/mol. The Balaban J connectivity index is 1.69. The van der Waals surface area contributed by atoms with Gasteiger partial charge < -0.3 is 19.4 Å². The summed E-state index contributed by atoms with van der Waals surface area (Å²) in [6.45, 7) is 0.274. The summed E-state index contributed by atoms with van der Waals surface area (Å²) in [6.07, 6.45) is 1.44. The fourth-order valence-electron chi connectivity index (χ4n) is 2.66. The molecule has 1 N–H and O–H groups in total. The molecule has 1 fully saturated rings. The van der Waals surface area contributed by atoms with Crippen LogP contribution >= 0.6 is 0 Å². The molecule has 0 saturated carbocycles. The summed E-state index contributed by atoms with van der Waals surface area (Å²) in [4.78, 5) is 37.7. The highest BCUT2D eigenvalue weighted by Crippen LogP contribution is 2.30. The van der Waals surface area contributed by atoms with E-state index >= 15 is 0 Å². The Labute approximate surface area is 138 Å². The normalized spacial score (nSPS) is 17.0. The van der Waals surface area contributed by atoms with Gasteiger partial charge >= 0.3 is 0 Å². The first-order chi connectivity index (χ1) is 11.6. The van der Waals surface area contributed by atoms with Gasteiger partial charge in [0.2, 0.25) is 5.91 Å². The van der Waals surface area contributed by atoms with Crippen molar-refractivity contribution in [2.24, 2.45) is 0 Å². The molecule has 2 amide bonds. The molecule has 1 aliphatic rings. The fraction of sp³-hybridized carbons (Fsp3) is 0.235. The van der Waals surface area contributed by atoms with Crippen molar-refractivity contribution in [2.75, 3.05) is 18.6 Å². The summed E-state index contributed by atoms with van der Waals surface area (Å²) in [5, 5.41) is 2.58. The first kappa shape index (κ1) is 15.8. The zero-order valence-electron chi connectivity index (χ0n) is 13.0. The van der Waals surface area contributed by atoms with Gasteiger partial charge in [0.15, 0.2) is 5.76 Å². The fourth-order valence-corrected chi connectivity index (χ4v) is 2.66. The Bertz CT molecular complexity index is 769. The van der Waals surface area contributed by atoms with E-state index in [1.165, 1.54) is 25.5 Å². The topological polar surface area (TPSA) is 88.8 Å². The largest absolute Gasteiger partial charge is 0.495 e. The van der Waals surface area contributed by atoms with Crippen LogP contribution in [0.3, 0.4) is 0 Å². The molecule has 24 heavy (non-hydrogen) atoms. The molecular formula is C17H16N2O5. The Morgan fingerprint density at radius 2 is 2.04 bits per heavy atom. The van der Waals surface area contributed by atoms with Crippen LogP contribution in [0.15, 0.2) is 47.1 Å². The van der Waals surface area contributed by atoms with Crippen molar-refractivity contribution < 1.29 is 23.5 Å². The van der Waals surface area contributed by atoms with Crippen LogP contribution in [0.2, 0.25) is 0 Å². The van der Waals surface area contributed by atoms with Gasteiger partial charge in [0, 0.05) is 13.0 Å². The minimum Gasteiger partial charge on any atom is -0.495 e. The molecule has 1 unspecified atom stereocenters. The molecule has 1 aromatic carbocycles. The maximum Gasteiger partial charge on any atom is 0.296 e. The van der Waals surface area contributed by atoms with Crippen LogP contribution in [-0.2, 0) is 9.59 Å². The number of nitrogens with one attached hydrogen (secondary N) is 1. The third kappa shape index (κ3) is 3.01. The van der Waals surface area contributed by atoms with E-state index in [-0.39, 0.29) is 24.6 Å². The average molecular weight is 328 g/mol. The standard InChI is InChI=1S/C17H16N2O5/c1-23-13-6-3-2-5-12(13)19-10-11(9-15(19)20)18-17(22)16(21)14-7-4-8-24-14/h2-8,11H,9-10H2,1H3,(H,18,22). The van der Waals surface area contributed by atoms with Crippen molar-refractivity contribution in [3.05, 3.63) is 48.4 Å². The summed E-state index contributed by atoms with van der Waals surface area (Å²) >= 11 is 0. The number of carbonyl (C=O) groups excluding carboxylic acids is 3. The lowest BCUT2D eigenvalue weighted by Gasteiger charge is -2.19. The van der Waals surface area contributed by atoms with Gasteiger partial charge in [-0.25, -0.2) is 0 Å². The predicted octanol–water partition coefficient (Wildman–Crippen LogP) is 1.39. The monoisotopic (exact) mass is 328 g/mol. The maximum absolute atomic E-state index is 12.2. The van der Waals surface area contributed by atoms with E-state index in [0.29, 0.717) is 11.4 Å². The number of benzene rings is 1. The summed E-state index contributed by atoms with van der Waals surface area (Å²) in [5.41, 5.74) is 0.638. The molecule has 1 aromatic heterocycles. The molecule has 1 aliphatic heterocycles. The number of rotatable bonds is 5. The van der Waals surface area contributed by atoms with Crippen LogP contribution in [-0.4, -0.2) is 37.3 Å². The van der Waals surface area contributed by atoms with Crippen LogP contribution in [0, 0.1) is 0 Å². The Kier molecular flexibility index (Phi) is 4.33. The minimum atomic E-state index is -0.787. The second kappa shape index (κ2) is 6.57. The highest BCUT2D eigenvalue weighted by Gasteiger charge is 2.34. The molecular weight excluding hydrogens is 312 g/mol. The number of anilines is 1. The van der Waals surface area contributed by atoms with Gasteiger partial charge in [0.05, 0.1) is 25.1 Å². The summed E-state index contributed by atoms with van der Waals surface area (Å²) in [6, 6.07) is 9.64. The first-order valence-electron chi connectivity index (χ1n) is 7.42. The molecule has 1 saturated heterocycles. The maximum atomic E-state index is 12.2. The number of nitrogens with zero attached hydrogens (tertiary/aromatic N) is 1. The molecule has 0 radical (unpaired) electrons.